The molecule has 31 heavy (non-hydrogen) atoms. The molecule has 6 heteroatoms. The third kappa shape index (κ3) is 5.17. The van der Waals surface area contributed by atoms with Crippen LogP contribution in [-0.2, 0) is 16.2 Å². The second-order valence-corrected chi connectivity index (χ2v) is 7.32. The smallest absolute Gasteiger partial charge is 0.253 e. The first-order chi connectivity index (χ1) is 15.2. The van der Waals surface area contributed by atoms with E-state index >= 15 is 0 Å². The van der Waals surface area contributed by atoms with Gasteiger partial charge in [0.05, 0.1) is 6.21 Å². The van der Waals surface area contributed by atoms with E-state index in [4.69, 9.17) is 4.74 Å². The SMILES string of the molecule is O=C1NC[C@@H](c2ccccc2)[C@H]1C(=O)NN=Cc1ccc(OCc2ccccc2)cc1. The third-order valence-corrected chi connectivity index (χ3v) is 5.21. The molecule has 1 aliphatic heterocycles. The molecule has 3 aromatic carbocycles. The Morgan fingerprint density at radius 1 is 1.00 bits per heavy atom. The lowest BCUT2D eigenvalue weighted by molar-refractivity contribution is -0.133. The van der Waals surface area contributed by atoms with Gasteiger partial charge in [0.15, 0.2) is 0 Å². The van der Waals surface area contributed by atoms with Gasteiger partial charge in [-0.1, -0.05) is 60.7 Å². The van der Waals surface area contributed by atoms with Crippen LogP contribution in [-0.4, -0.2) is 24.6 Å². The summed E-state index contributed by atoms with van der Waals surface area (Å²) in [5.74, 6) is -0.944. The minimum Gasteiger partial charge on any atom is -0.489 e. The van der Waals surface area contributed by atoms with Crippen LogP contribution in [0.3, 0.4) is 0 Å². The number of nitrogens with one attached hydrogen (secondary N) is 2. The molecule has 1 heterocycles. The maximum Gasteiger partial charge on any atom is 0.253 e. The number of carbonyl (C=O) groups excluding carboxylic acids is 2. The fraction of sp³-hybridized carbons (Fsp3) is 0.160. The highest BCUT2D eigenvalue weighted by Crippen LogP contribution is 2.29. The molecule has 156 valence electrons. The van der Waals surface area contributed by atoms with E-state index in [2.05, 4.69) is 15.8 Å². The van der Waals surface area contributed by atoms with Crippen LogP contribution in [0.4, 0.5) is 0 Å². The number of hydrogen-bond acceptors (Lipinski definition) is 4. The molecule has 0 radical (unpaired) electrons. The minimum atomic E-state index is -0.798. The molecule has 0 bridgehead atoms. The van der Waals surface area contributed by atoms with Crippen molar-refractivity contribution in [1.82, 2.24) is 10.7 Å². The number of carbonyl (C=O) groups is 2. The quantitative estimate of drug-likeness (QED) is 0.355. The zero-order chi connectivity index (χ0) is 21.5. The van der Waals surface area contributed by atoms with Crippen LogP contribution in [0.1, 0.15) is 22.6 Å². The fourth-order valence-corrected chi connectivity index (χ4v) is 3.56. The highest BCUT2D eigenvalue weighted by molar-refractivity contribution is 6.03. The van der Waals surface area contributed by atoms with Crippen LogP contribution in [0.15, 0.2) is 90.0 Å². The van der Waals surface area contributed by atoms with Gasteiger partial charge in [0.1, 0.15) is 18.3 Å². The first kappa shape index (κ1) is 20.3. The molecule has 6 nitrogen and oxygen atoms in total. The summed E-state index contributed by atoms with van der Waals surface area (Å²) in [6.07, 6.45) is 1.54. The summed E-state index contributed by atoms with van der Waals surface area (Å²) < 4.78 is 5.76. The van der Waals surface area contributed by atoms with Crippen molar-refractivity contribution < 1.29 is 14.3 Å². The lowest BCUT2D eigenvalue weighted by atomic mass is 9.88. The second kappa shape index (κ2) is 9.71. The van der Waals surface area contributed by atoms with Crippen molar-refractivity contribution in [1.29, 1.82) is 0 Å². The van der Waals surface area contributed by atoms with Gasteiger partial charge in [-0.2, -0.15) is 5.10 Å². The highest BCUT2D eigenvalue weighted by atomic mass is 16.5. The van der Waals surface area contributed by atoms with Crippen LogP contribution < -0.4 is 15.5 Å². The van der Waals surface area contributed by atoms with Crippen molar-refractivity contribution >= 4 is 18.0 Å². The molecule has 0 aliphatic carbocycles. The summed E-state index contributed by atoms with van der Waals surface area (Å²) >= 11 is 0. The zero-order valence-corrected chi connectivity index (χ0v) is 16.9. The Bertz CT molecular complexity index is 1050. The van der Waals surface area contributed by atoms with Crippen molar-refractivity contribution in [2.24, 2.45) is 11.0 Å². The average molecular weight is 413 g/mol. The van der Waals surface area contributed by atoms with Gasteiger partial charge in [0, 0.05) is 12.5 Å². The number of ether oxygens (including phenoxy) is 1. The lowest BCUT2D eigenvalue weighted by Gasteiger charge is -2.15. The van der Waals surface area contributed by atoms with Crippen molar-refractivity contribution in [2.45, 2.75) is 12.5 Å². The number of benzene rings is 3. The molecule has 4 rings (SSSR count). The van der Waals surface area contributed by atoms with Crippen molar-refractivity contribution in [3.05, 3.63) is 102 Å². The van der Waals surface area contributed by atoms with Gasteiger partial charge < -0.3 is 10.1 Å². The van der Waals surface area contributed by atoms with Crippen LogP contribution in [0.5, 0.6) is 5.75 Å². The van der Waals surface area contributed by atoms with E-state index in [1.54, 1.807) is 6.21 Å². The van der Waals surface area contributed by atoms with E-state index in [0.717, 1.165) is 22.4 Å². The summed E-state index contributed by atoms with van der Waals surface area (Å²) in [6.45, 7) is 0.936. The number of amides is 2. The maximum atomic E-state index is 12.6. The Morgan fingerprint density at radius 3 is 2.39 bits per heavy atom. The molecule has 1 aliphatic rings. The Balaban J connectivity index is 1.32. The molecule has 2 atom stereocenters. The summed E-state index contributed by atoms with van der Waals surface area (Å²) in [6, 6.07) is 26.9. The van der Waals surface area contributed by atoms with Gasteiger partial charge >= 0.3 is 0 Å². The van der Waals surface area contributed by atoms with Gasteiger partial charge in [-0.15, -0.1) is 0 Å². The minimum absolute atomic E-state index is 0.204. The van der Waals surface area contributed by atoms with Crippen molar-refractivity contribution in [3.8, 4) is 5.75 Å². The molecule has 0 aromatic heterocycles. The predicted octanol–water partition coefficient (Wildman–Crippen LogP) is 3.25. The fourth-order valence-electron chi connectivity index (χ4n) is 3.56. The largest absolute Gasteiger partial charge is 0.489 e. The molecule has 1 saturated heterocycles. The molecule has 3 aromatic rings. The van der Waals surface area contributed by atoms with E-state index in [1.807, 2.05) is 84.9 Å². The van der Waals surface area contributed by atoms with Gasteiger partial charge in [0.2, 0.25) is 5.91 Å². The van der Waals surface area contributed by atoms with E-state index < -0.39 is 11.8 Å². The molecular formula is C25H23N3O3. The highest BCUT2D eigenvalue weighted by Gasteiger charge is 2.40. The topological polar surface area (TPSA) is 79.8 Å². The predicted molar refractivity (Wildman–Crippen MR) is 119 cm³/mol. The van der Waals surface area contributed by atoms with Crippen molar-refractivity contribution in [3.63, 3.8) is 0 Å². The van der Waals surface area contributed by atoms with E-state index in [9.17, 15) is 9.59 Å². The van der Waals surface area contributed by atoms with Crippen LogP contribution in [0.25, 0.3) is 0 Å². The summed E-state index contributed by atoms with van der Waals surface area (Å²) in [5, 5.41) is 6.80. The Labute approximate surface area is 180 Å². The van der Waals surface area contributed by atoms with Gasteiger partial charge in [-0.25, -0.2) is 5.43 Å². The number of hydrazone groups is 1. The van der Waals surface area contributed by atoms with E-state index in [-0.39, 0.29) is 11.8 Å². The Hall–Kier alpha value is -3.93. The third-order valence-electron chi connectivity index (χ3n) is 5.21. The first-order valence-electron chi connectivity index (χ1n) is 10.1. The van der Waals surface area contributed by atoms with Gasteiger partial charge in [0.25, 0.3) is 5.91 Å². The summed E-state index contributed by atoms with van der Waals surface area (Å²) in [5.41, 5.74) is 5.36. The molecule has 2 N–H and O–H groups in total. The van der Waals surface area contributed by atoms with E-state index in [1.165, 1.54) is 0 Å². The lowest BCUT2D eigenvalue weighted by Crippen LogP contribution is -2.34. The second-order valence-electron chi connectivity index (χ2n) is 7.32. The molecular weight excluding hydrogens is 390 g/mol. The standard InChI is InChI=1S/C25H23N3O3/c29-24-23(22(16-26-24)20-9-5-2-6-10-20)25(30)28-27-15-18-11-13-21(14-12-18)31-17-19-7-3-1-4-8-19/h1-15,22-23H,16-17H2,(H,26,29)(H,28,30)/t22-,23+/m0/s1. The average Bonchev–Trinajstić information content (AvgIpc) is 3.21. The number of rotatable bonds is 7. The van der Waals surface area contributed by atoms with Gasteiger partial charge in [-0.05, 0) is 41.0 Å². The van der Waals surface area contributed by atoms with Crippen LogP contribution >= 0.6 is 0 Å². The van der Waals surface area contributed by atoms with Crippen molar-refractivity contribution in [2.75, 3.05) is 6.54 Å². The molecule has 1 fully saturated rings. The Morgan fingerprint density at radius 2 is 1.68 bits per heavy atom. The zero-order valence-electron chi connectivity index (χ0n) is 16.9. The number of nitrogens with zero attached hydrogens (tertiary/aromatic N) is 1. The monoisotopic (exact) mass is 413 g/mol. The molecule has 0 saturated carbocycles. The molecule has 0 unspecified atom stereocenters. The molecule has 0 spiro atoms. The van der Waals surface area contributed by atoms with Gasteiger partial charge in [-0.3, -0.25) is 9.59 Å². The summed E-state index contributed by atoms with van der Waals surface area (Å²) in [4.78, 5) is 24.8. The van der Waals surface area contributed by atoms with Crippen LogP contribution in [0.2, 0.25) is 0 Å². The maximum absolute atomic E-state index is 12.6. The van der Waals surface area contributed by atoms with Crippen LogP contribution in [0, 0.1) is 5.92 Å². The Kier molecular flexibility index (Phi) is 6.38. The van der Waals surface area contributed by atoms with E-state index in [0.29, 0.717) is 13.2 Å². The summed E-state index contributed by atoms with van der Waals surface area (Å²) in [7, 11) is 0. The normalized spacial score (nSPS) is 18.0. The first-order valence-corrected chi connectivity index (χ1v) is 10.1. The number of hydrogen-bond donors (Lipinski definition) is 2. The molecule has 2 amide bonds.